The second-order valence-electron chi connectivity index (χ2n) is 8.84. The maximum Gasteiger partial charge on any atom is 0.309 e. The molecule has 38 heavy (non-hydrogen) atoms. The topological polar surface area (TPSA) is 140 Å². The van der Waals surface area contributed by atoms with Crippen LogP contribution in [0, 0.1) is 12.8 Å². The van der Waals surface area contributed by atoms with Crippen LogP contribution in [0.25, 0.3) is 11.5 Å². The van der Waals surface area contributed by atoms with Gasteiger partial charge in [-0.25, -0.2) is 4.98 Å². The highest BCUT2D eigenvalue weighted by Gasteiger charge is 2.29. The zero-order chi connectivity index (χ0) is 26.6. The van der Waals surface area contributed by atoms with E-state index < -0.39 is 5.97 Å². The van der Waals surface area contributed by atoms with Crippen molar-refractivity contribution in [2.75, 3.05) is 25.5 Å². The second-order valence-corrected chi connectivity index (χ2v) is 9.70. The summed E-state index contributed by atoms with van der Waals surface area (Å²) < 4.78 is 17.6. The number of carbonyl (C=O) groups excluding carboxylic acids is 1. The van der Waals surface area contributed by atoms with Crippen LogP contribution >= 0.6 is 11.3 Å². The van der Waals surface area contributed by atoms with Crippen molar-refractivity contribution in [3.63, 3.8) is 0 Å². The molecular weight excluding hydrogens is 510 g/mol. The van der Waals surface area contributed by atoms with Gasteiger partial charge < -0.3 is 29.2 Å². The lowest BCUT2D eigenvalue weighted by Gasteiger charge is -2.15. The predicted octanol–water partition coefficient (Wildman–Crippen LogP) is 4.52. The molecule has 1 fully saturated rings. The minimum absolute atomic E-state index is 0.0704. The van der Waals surface area contributed by atoms with E-state index in [0.29, 0.717) is 52.1 Å². The van der Waals surface area contributed by atoms with Gasteiger partial charge in [-0.15, -0.1) is 21.5 Å². The third kappa shape index (κ3) is 6.09. The van der Waals surface area contributed by atoms with Gasteiger partial charge in [0.25, 0.3) is 0 Å². The third-order valence-electron chi connectivity index (χ3n) is 5.87. The molecule has 4 aromatic rings. The number of aryl methyl sites for hydroxylation is 1. The number of amides is 1. The second kappa shape index (κ2) is 10.9. The number of thiazole rings is 1. The Labute approximate surface area is 222 Å². The Morgan fingerprint density at radius 3 is 2.66 bits per heavy atom. The Bertz CT molecular complexity index is 1450. The standard InChI is InChI=1S/C26H25N5O6S/c1-15-29-30-24(36-15)16-3-5-20(6-4-16)37-22-10-18(27-26-28-19(14-38-26)11-23(32)33)9-21(12-22)35-13-17-7-8-31(2)25(17)34/h3-6,9-10,12,14,17H,7-8,11,13H2,1-2H3,(H,27,28)(H,32,33). The number of carboxylic acid groups (broad SMARTS) is 1. The molecular formula is C26H25N5O6S. The molecule has 0 saturated carbocycles. The number of likely N-dealkylation sites (tertiary alicyclic amines) is 1. The average molecular weight is 536 g/mol. The van der Waals surface area contributed by atoms with Gasteiger partial charge in [0.2, 0.25) is 17.7 Å². The lowest BCUT2D eigenvalue weighted by Crippen LogP contribution is -2.25. The number of aromatic nitrogens is 3. The zero-order valence-corrected chi connectivity index (χ0v) is 21.5. The Hall–Kier alpha value is -4.45. The number of anilines is 2. The van der Waals surface area contributed by atoms with Crippen LogP contribution in [0.5, 0.6) is 17.2 Å². The van der Waals surface area contributed by atoms with Crippen LogP contribution in [0.15, 0.2) is 52.3 Å². The number of nitrogens with zero attached hydrogens (tertiary/aromatic N) is 4. The van der Waals surface area contributed by atoms with Gasteiger partial charge in [-0.05, 0) is 30.7 Å². The normalized spacial score (nSPS) is 15.1. The fourth-order valence-corrected chi connectivity index (χ4v) is 4.70. The summed E-state index contributed by atoms with van der Waals surface area (Å²) >= 11 is 1.30. The number of hydrogen-bond donors (Lipinski definition) is 2. The van der Waals surface area contributed by atoms with E-state index in [0.717, 1.165) is 12.0 Å². The molecule has 1 saturated heterocycles. The van der Waals surface area contributed by atoms with Crippen LogP contribution in [0.4, 0.5) is 10.8 Å². The van der Waals surface area contributed by atoms with Crippen molar-refractivity contribution in [2.24, 2.45) is 5.92 Å². The van der Waals surface area contributed by atoms with Crippen molar-refractivity contribution in [2.45, 2.75) is 19.8 Å². The summed E-state index contributed by atoms with van der Waals surface area (Å²) in [4.78, 5) is 29.3. The maximum atomic E-state index is 12.3. The maximum absolute atomic E-state index is 12.3. The summed E-state index contributed by atoms with van der Waals surface area (Å²) in [7, 11) is 1.79. The van der Waals surface area contributed by atoms with Crippen LogP contribution in [-0.4, -0.2) is 57.3 Å². The molecule has 0 radical (unpaired) electrons. The predicted molar refractivity (Wildman–Crippen MR) is 139 cm³/mol. The number of nitrogens with one attached hydrogen (secondary N) is 1. The fourth-order valence-electron chi connectivity index (χ4n) is 3.97. The summed E-state index contributed by atoms with van der Waals surface area (Å²) in [6, 6.07) is 12.6. The molecule has 0 aliphatic carbocycles. The highest BCUT2D eigenvalue weighted by Crippen LogP contribution is 2.33. The molecule has 3 heterocycles. The van der Waals surface area contributed by atoms with Crippen molar-refractivity contribution in [1.82, 2.24) is 20.1 Å². The van der Waals surface area contributed by atoms with Gasteiger partial charge in [-0.1, -0.05) is 0 Å². The largest absolute Gasteiger partial charge is 0.493 e. The van der Waals surface area contributed by atoms with E-state index >= 15 is 0 Å². The zero-order valence-electron chi connectivity index (χ0n) is 20.7. The van der Waals surface area contributed by atoms with E-state index in [4.69, 9.17) is 19.0 Å². The van der Waals surface area contributed by atoms with Gasteiger partial charge in [-0.2, -0.15) is 0 Å². The first kappa shape index (κ1) is 25.2. The van der Waals surface area contributed by atoms with E-state index in [1.807, 2.05) is 12.1 Å². The number of hydrogen-bond acceptors (Lipinski definition) is 10. The molecule has 2 N–H and O–H groups in total. The first-order chi connectivity index (χ1) is 18.3. The van der Waals surface area contributed by atoms with E-state index in [1.165, 1.54) is 11.3 Å². The summed E-state index contributed by atoms with van der Waals surface area (Å²) in [6.07, 6.45) is 0.590. The smallest absolute Gasteiger partial charge is 0.309 e. The highest BCUT2D eigenvalue weighted by molar-refractivity contribution is 7.13. The van der Waals surface area contributed by atoms with Gasteiger partial charge in [0.15, 0.2) is 5.13 Å². The highest BCUT2D eigenvalue weighted by atomic mass is 32.1. The van der Waals surface area contributed by atoms with Crippen molar-refractivity contribution >= 4 is 34.0 Å². The first-order valence-corrected chi connectivity index (χ1v) is 12.7. The SMILES string of the molecule is Cc1nnc(-c2ccc(Oc3cc(Nc4nc(CC(=O)O)cs4)cc(OCC4CCN(C)C4=O)c3)cc2)o1. The summed E-state index contributed by atoms with van der Waals surface area (Å²) in [5.74, 6) is 1.45. The van der Waals surface area contributed by atoms with Gasteiger partial charge in [-0.3, -0.25) is 9.59 Å². The molecule has 1 aliphatic heterocycles. The number of carboxylic acids is 1. The Morgan fingerprint density at radius 1 is 1.18 bits per heavy atom. The van der Waals surface area contributed by atoms with Crippen LogP contribution in [0.2, 0.25) is 0 Å². The molecule has 1 amide bonds. The minimum atomic E-state index is -0.944. The van der Waals surface area contributed by atoms with Crippen molar-refractivity contribution in [3.05, 3.63) is 59.4 Å². The van der Waals surface area contributed by atoms with Crippen LogP contribution in [0.3, 0.4) is 0 Å². The number of benzene rings is 2. The number of carbonyl (C=O) groups is 2. The van der Waals surface area contributed by atoms with Crippen molar-refractivity contribution in [3.8, 4) is 28.7 Å². The number of ether oxygens (including phenoxy) is 2. The summed E-state index contributed by atoms with van der Waals surface area (Å²) in [6.45, 7) is 2.70. The monoisotopic (exact) mass is 535 g/mol. The third-order valence-corrected chi connectivity index (χ3v) is 6.67. The lowest BCUT2D eigenvalue weighted by molar-refractivity contribution is -0.136. The Balaban J connectivity index is 1.35. The average Bonchev–Trinajstić information content (AvgIpc) is 3.59. The molecule has 11 nitrogen and oxygen atoms in total. The molecule has 12 heteroatoms. The molecule has 196 valence electrons. The molecule has 1 unspecified atom stereocenters. The van der Waals surface area contributed by atoms with Crippen LogP contribution in [0.1, 0.15) is 18.0 Å². The Kier molecular flexibility index (Phi) is 7.22. The van der Waals surface area contributed by atoms with Gasteiger partial charge in [0, 0.05) is 55.3 Å². The minimum Gasteiger partial charge on any atom is -0.493 e. The van der Waals surface area contributed by atoms with E-state index in [9.17, 15) is 9.59 Å². The van der Waals surface area contributed by atoms with E-state index in [-0.39, 0.29) is 24.9 Å². The molecule has 1 atom stereocenters. The van der Waals surface area contributed by atoms with Crippen molar-refractivity contribution in [1.29, 1.82) is 0 Å². The van der Waals surface area contributed by atoms with Gasteiger partial charge >= 0.3 is 5.97 Å². The van der Waals surface area contributed by atoms with Crippen molar-refractivity contribution < 1.29 is 28.6 Å². The van der Waals surface area contributed by atoms with Crippen LogP contribution in [-0.2, 0) is 16.0 Å². The lowest BCUT2D eigenvalue weighted by atomic mass is 10.1. The molecule has 2 aromatic heterocycles. The molecule has 5 rings (SSSR count). The quantitative estimate of drug-likeness (QED) is 0.298. The van der Waals surface area contributed by atoms with Gasteiger partial charge in [0.1, 0.15) is 17.2 Å². The molecule has 0 spiro atoms. The van der Waals surface area contributed by atoms with E-state index in [1.54, 1.807) is 54.6 Å². The first-order valence-electron chi connectivity index (χ1n) is 11.9. The number of rotatable bonds is 10. The molecule has 1 aliphatic rings. The molecule has 2 aromatic carbocycles. The van der Waals surface area contributed by atoms with E-state index in [2.05, 4.69) is 20.5 Å². The summed E-state index contributed by atoms with van der Waals surface area (Å²) in [5.41, 5.74) is 1.88. The van der Waals surface area contributed by atoms with Crippen LogP contribution < -0.4 is 14.8 Å². The van der Waals surface area contributed by atoms with Gasteiger partial charge in [0.05, 0.1) is 24.6 Å². The number of aliphatic carboxylic acids is 1. The fraction of sp³-hybridized carbons (Fsp3) is 0.269. The Morgan fingerprint density at radius 2 is 1.97 bits per heavy atom. The molecule has 0 bridgehead atoms. The summed E-state index contributed by atoms with van der Waals surface area (Å²) in [5, 5.41) is 22.3.